The average Bonchev–Trinajstić information content (AvgIpc) is 2.27. The third-order valence-corrected chi connectivity index (χ3v) is 3.03. The highest BCUT2D eigenvalue weighted by molar-refractivity contribution is 6.30. The number of hydrogen-bond donors (Lipinski definition) is 1. The molecule has 3 nitrogen and oxygen atoms in total. The van der Waals surface area contributed by atoms with Crippen LogP contribution in [0, 0.1) is 0 Å². The van der Waals surface area contributed by atoms with Crippen LogP contribution in [0.25, 0.3) is 0 Å². The zero-order valence-electron chi connectivity index (χ0n) is 11.4. The zero-order valence-corrected chi connectivity index (χ0v) is 12.2. The number of hydrogen-bond acceptors (Lipinski definition) is 2. The number of carbonyl (C=O) groups is 1. The van der Waals surface area contributed by atoms with Gasteiger partial charge in [0.2, 0.25) is 5.91 Å². The first kappa shape index (κ1) is 15.0. The van der Waals surface area contributed by atoms with Gasteiger partial charge in [0.15, 0.2) is 0 Å². The van der Waals surface area contributed by atoms with Crippen molar-refractivity contribution in [2.45, 2.75) is 39.4 Å². The Kier molecular flexibility index (Phi) is 5.63. The van der Waals surface area contributed by atoms with Crippen molar-refractivity contribution < 1.29 is 4.79 Å². The predicted molar refractivity (Wildman–Crippen MR) is 75.7 cm³/mol. The summed E-state index contributed by atoms with van der Waals surface area (Å²) in [6.07, 6.45) is 0. The molecule has 0 saturated heterocycles. The van der Waals surface area contributed by atoms with Crippen LogP contribution < -0.4 is 5.32 Å². The molecule has 4 heteroatoms. The van der Waals surface area contributed by atoms with Crippen molar-refractivity contribution >= 4 is 17.5 Å². The summed E-state index contributed by atoms with van der Waals surface area (Å²) in [6, 6.07) is 7.70. The predicted octanol–water partition coefficient (Wildman–Crippen LogP) is 2.68. The second-order valence-corrected chi connectivity index (χ2v) is 5.32. The maximum atomic E-state index is 11.9. The van der Waals surface area contributed by atoms with Gasteiger partial charge in [-0.25, -0.2) is 0 Å². The van der Waals surface area contributed by atoms with Crippen LogP contribution in [0.2, 0.25) is 5.02 Å². The summed E-state index contributed by atoms with van der Waals surface area (Å²) >= 11 is 5.94. The molecule has 0 aromatic heterocycles. The molecule has 1 rings (SSSR count). The Bertz CT molecular complexity index is 407. The summed E-state index contributed by atoms with van der Waals surface area (Å²) in [4.78, 5) is 13.9. The Balaban J connectivity index is 2.59. The maximum absolute atomic E-state index is 11.9. The Labute approximate surface area is 114 Å². The minimum atomic E-state index is -0.161. The fraction of sp³-hybridized carbons (Fsp3) is 0.500. The molecule has 100 valence electrons. The summed E-state index contributed by atoms with van der Waals surface area (Å²) in [5.74, 6) is 0.0505. The first-order valence-electron chi connectivity index (χ1n) is 6.15. The Hall–Kier alpha value is -1.06. The number of nitrogens with zero attached hydrogens (tertiary/aromatic N) is 1. The van der Waals surface area contributed by atoms with Crippen molar-refractivity contribution in [1.82, 2.24) is 10.2 Å². The average molecular weight is 269 g/mol. The van der Waals surface area contributed by atoms with E-state index in [-0.39, 0.29) is 18.0 Å². The zero-order chi connectivity index (χ0) is 13.7. The van der Waals surface area contributed by atoms with E-state index >= 15 is 0 Å². The molecule has 0 aliphatic carbocycles. The maximum Gasteiger partial charge on any atom is 0.237 e. The van der Waals surface area contributed by atoms with Gasteiger partial charge in [-0.2, -0.15) is 0 Å². The highest BCUT2D eigenvalue weighted by Gasteiger charge is 2.18. The lowest BCUT2D eigenvalue weighted by Gasteiger charge is -2.24. The van der Waals surface area contributed by atoms with E-state index in [0.717, 1.165) is 10.6 Å². The number of nitrogens with one attached hydrogen (secondary N) is 1. The molecule has 0 bridgehead atoms. The van der Waals surface area contributed by atoms with E-state index in [4.69, 9.17) is 11.6 Å². The molecular weight excluding hydrogens is 248 g/mol. The lowest BCUT2D eigenvalue weighted by Crippen LogP contribution is -2.45. The third kappa shape index (κ3) is 4.67. The van der Waals surface area contributed by atoms with E-state index in [9.17, 15) is 4.79 Å². The van der Waals surface area contributed by atoms with Gasteiger partial charge < -0.3 is 5.32 Å². The Morgan fingerprint density at radius 1 is 1.39 bits per heavy atom. The second-order valence-electron chi connectivity index (χ2n) is 4.88. The molecule has 0 radical (unpaired) electrons. The van der Waals surface area contributed by atoms with Crippen LogP contribution in [0.4, 0.5) is 0 Å². The van der Waals surface area contributed by atoms with Crippen molar-refractivity contribution in [1.29, 1.82) is 0 Å². The van der Waals surface area contributed by atoms with E-state index in [2.05, 4.69) is 5.32 Å². The number of amides is 1. The van der Waals surface area contributed by atoms with Crippen LogP contribution >= 0.6 is 11.6 Å². The van der Waals surface area contributed by atoms with E-state index < -0.39 is 0 Å². The monoisotopic (exact) mass is 268 g/mol. The van der Waals surface area contributed by atoms with Crippen LogP contribution in [-0.4, -0.2) is 29.9 Å². The molecule has 0 unspecified atom stereocenters. The molecule has 18 heavy (non-hydrogen) atoms. The Morgan fingerprint density at radius 2 is 2.06 bits per heavy atom. The summed E-state index contributed by atoms with van der Waals surface area (Å²) < 4.78 is 0. The van der Waals surface area contributed by atoms with Gasteiger partial charge in [-0.1, -0.05) is 23.7 Å². The highest BCUT2D eigenvalue weighted by atomic mass is 35.5. The number of likely N-dealkylation sites (N-methyl/N-ethyl adjacent to an activating group) is 1. The molecule has 0 fully saturated rings. The van der Waals surface area contributed by atoms with Crippen molar-refractivity contribution in [3.63, 3.8) is 0 Å². The smallest absolute Gasteiger partial charge is 0.237 e. The van der Waals surface area contributed by atoms with Gasteiger partial charge in [0.25, 0.3) is 0 Å². The normalized spacial score (nSPS) is 12.8. The summed E-state index contributed by atoms with van der Waals surface area (Å²) in [5, 5.41) is 3.64. The number of benzene rings is 1. The first-order valence-corrected chi connectivity index (χ1v) is 6.53. The van der Waals surface area contributed by atoms with Crippen LogP contribution in [-0.2, 0) is 11.3 Å². The first-order chi connectivity index (χ1) is 8.40. The molecule has 1 aromatic carbocycles. The van der Waals surface area contributed by atoms with Gasteiger partial charge in [0.05, 0.1) is 6.04 Å². The fourth-order valence-electron chi connectivity index (χ4n) is 1.67. The molecule has 1 amide bonds. The quantitative estimate of drug-likeness (QED) is 0.891. The lowest BCUT2D eigenvalue weighted by molar-refractivity contribution is -0.126. The lowest BCUT2D eigenvalue weighted by atomic mass is 10.2. The van der Waals surface area contributed by atoms with Gasteiger partial charge in [-0.05, 0) is 45.5 Å². The van der Waals surface area contributed by atoms with E-state index in [1.165, 1.54) is 0 Å². The van der Waals surface area contributed by atoms with E-state index in [1.807, 2.05) is 57.0 Å². The summed E-state index contributed by atoms with van der Waals surface area (Å²) in [5.41, 5.74) is 1.11. The summed E-state index contributed by atoms with van der Waals surface area (Å²) in [6.45, 7) is 6.53. The number of halogens is 1. The largest absolute Gasteiger partial charge is 0.353 e. The van der Waals surface area contributed by atoms with Gasteiger partial charge in [0, 0.05) is 17.6 Å². The molecule has 0 heterocycles. The van der Waals surface area contributed by atoms with Crippen LogP contribution in [0.3, 0.4) is 0 Å². The van der Waals surface area contributed by atoms with Crippen LogP contribution in [0.5, 0.6) is 0 Å². The molecule has 0 aliphatic rings. The van der Waals surface area contributed by atoms with Crippen molar-refractivity contribution in [3.05, 3.63) is 34.9 Å². The van der Waals surface area contributed by atoms with Crippen LogP contribution in [0.1, 0.15) is 26.3 Å². The van der Waals surface area contributed by atoms with Gasteiger partial charge in [-0.15, -0.1) is 0 Å². The van der Waals surface area contributed by atoms with Crippen molar-refractivity contribution in [2.24, 2.45) is 0 Å². The number of rotatable bonds is 5. The minimum absolute atomic E-state index is 0.0505. The van der Waals surface area contributed by atoms with Crippen molar-refractivity contribution in [3.8, 4) is 0 Å². The molecule has 1 aromatic rings. The number of carbonyl (C=O) groups excluding carboxylic acids is 1. The fourth-order valence-corrected chi connectivity index (χ4v) is 1.88. The molecule has 0 aliphatic heterocycles. The topological polar surface area (TPSA) is 32.3 Å². The standard InChI is InChI=1S/C14H21ClN2O/c1-10(2)16-14(18)11(3)17(4)9-12-6-5-7-13(15)8-12/h5-8,10-11H,9H2,1-4H3,(H,16,18)/t11-/m1/s1. The third-order valence-electron chi connectivity index (χ3n) is 2.79. The molecule has 0 spiro atoms. The van der Waals surface area contributed by atoms with E-state index in [1.54, 1.807) is 0 Å². The van der Waals surface area contributed by atoms with Crippen LogP contribution in [0.15, 0.2) is 24.3 Å². The second kappa shape index (κ2) is 6.76. The van der Waals surface area contributed by atoms with E-state index in [0.29, 0.717) is 6.54 Å². The molecule has 1 N–H and O–H groups in total. The molecule has 0 saturated carbocycles. The molecule has 1 atom stereocenters. The summed E-state index contributed by atoms with van der Waals surface area (Å²) in [7, 11) is 1.94. The van der Waals surface area contributed by atoms with Crippen molar-refractivity contribution in [2.75, 3.05) is 7.05 Å². The van der Waals surface area contributed by atoms with Gasteiger partial charge in [-0.3, -0.25) is 9.69 Å². The molecular formula is C14H21ClN2O. The van der Waals surface area contributed by atoms with Gasteiger partial charge in [0.1, 0.15) is 0 Å². The minimum Gasteiger partial charge on any atom is -0.353 e. The highest BCUT2D eigenvalue weighted by Crippen LogP contribution is 2.13. The Morgan fingerprint density at radius 3 is 2.61 bits per heavy atom. The van der Waals surface area contributed by atoms with Gasteiger partial charge >= 0.3 is 0 Å². The SMILES string of the molecule is CC(C)NC(=O)[C@@H](C)N(C)Cc1cccc(Cl)c1.